The van der Waals surface area contributed by atoms with Crippen molar-refractivity contribution in [2.24, 2.45) is 0 Å². The number of hydrogen-bond donors (Lipinski definition) is 1. The van der Waals surface area contributed by atoms with Crippen LogP contribution in [0.2, 0.25) is 5.02 Å². The third-order valence-electron chi connectivity index (χ3n) is 3.86. The van der Waals surface area contributed by atoms with Gasteiger partial charge in [0.05, 0.1) is 17.7 Å². The second-order valence-electron chi connectivity index (χ2n) is 5.57. The molecule has 2 rings (SSSR count). The molecular formula is C18H20ClNO4S. The zero-order valence-electron chi connectivity index (χ0n) is 14.2. The molecule has 5 nitrogen and oxygen atoms in total. The number of halogens is 1. The van der Waals surface area contributed by atoms with Crippen LogP contribution in [0.4, 0.5) is 0 Å². The summed E-state index contributed by atoms with van der Waals surface area (Å²) in [4.78, 5) is 11.5. The topological polar surface area (TPSA) is 72.5 Å². The Kier molecular flexibility index (Phi) is 6.21. The largest absolute Gasteiger partial charge is 0.465 e. The van der Waals surface area contributed by atoms with E-state index in [1.165, 1.54) is 30.9 Å². The first-order chi connectivity index (χ1) is 11.8. The highest BCUT2D eigenvalue weighted by atomic mass is 35.5. The Morgan fingerprint density at radius 2 is 1.84 bits per heavy atom. The SMILES string of the molecule is CCc1ccc([C@H](C)NS(=O)(=O)c2cc(C(=O)OC)ccc2Cl)cc1. The van der Waals surface area contributed by atoms with Crippen molar-refractivity contribution in [1.82, 2.24) is 4.72 Å². The molecule has 7 heteroatoms. The molecule has 0 aliphatic rings. The third-order valence-corrected chi connectivity index (χ3v) is 5.88. The van der Waals surface area contributed by atoms with Gasteiger partial charge in [0.25, 0.3) is 0 Å². The molecule has 0 spiro atoms. The van der Waals surface area contributed by atoms with Gasteiger partial charge in [0.2, 0.25) is 10.0 Å². The van der Waals surface area contributed by atoms with Crippen molar-refractivity contribution in [1.29, 1.82) is 0 Å². The molecule has 25 heavy (non-hydrogen) atoms. The Balaban J connectivity index is 2.30. The maximum Gasteiger partial charge on any atom is 0.337 e. The Labute approximate surface area is 153 Å². The van der Waals surface area contributed by atoms with E-state index in [0.717, 1.165) is 12.0 Å². The van der Waals surface area contributed by atoms with Gasteiger partial charge < -0.3 is 4.74 Å². The molecule has 0 bridgehead atoms. The van der Waals surface area contributed by atoms with E-state index in [1.54, 1.807) is 6.92 Å². The first kappa shape index (κ1) is 19.4. The molecule has 0 amide bonds. The van der Waals surface area contributed by atoms with Crippen LogP contribution in [0.25, 0.3) is 0 Å². The Bertz CT molecular complexity index is 863. The molecule has 0 unspecified atom stereocenters. The summed E-state index contributed by atoms with van der Waals surface area (Å²) in [6.07, 6.45) is 0.913. The summed E-state index contributed by atoms with van der Waals surface area (Å²) >= 11 is 6.03. The molecule has 0 radical (unpaired) electrons. The van der Waals surface area contributed by atoms with E-state index < -0.39 is 22.0 Å². The highest BCUT2D eigenvalue weighted by molar-refractivity contribution is 7.89. The van der Waals surface area contributed by atoms with Gasteiger partial charge in [-0.3, -0.25) is 0 Å². The second-order valence-corrected chi connectivity index (χ2v) is 7.66. The molecule has 1 N–H and O–H groups in total. The van der Waals surface area contributed by atoms with Crippen molar-refractivity contribution in [3.8, 4) is 0 Å². The van der Waals surface area contributed by atoms with Gasteiger partial charge in [-0.05, 0) is 42.7 Å². The fraction of sp³-hybridized carbons (Fsp3) is 0.278. The lowest BCUT2D eigenvalue weighted by Gasteiger charge is -2.16. The van der Waals surface area contributed by atoms with Crippen LogP contribution in [0.5, 0.6) is 0 Å². The Hall–Kier alpha value is -1.89. The van der Waals surface area contributed by atoms with Crippen LogP contribution < -0.4 is 4.72 Å². The quantitative estimate of drug-likeness (QED) is 0.774. The summed E-state index contributed by atoms with van der Waals surface area (Å²) < 4.78 is 32.6. The zero-order valence-corrected chi connectivity index (χ0v) is 15.8. The third kappa shape index (κ3) is 4.60. The van der Waals surface area contributed by atoms with Gasteiger partial charge >= 0.3 is 5.97 Å². The molecule has 0 aliphatic carbocycles. The number of carbonyl (C=O) groups excluding carboxylic acids is 1. The first-order valence-corrected chi connectivity index (χ1v) is 9.63. The molecule has 0 fully saturated rings. The highest BCUT2D eigenvalue weighted by Gasteiger charge is 2.23. The van der Waals surface area contributed by atoms with Crippen LogP contribution in [0, 0.1) is 0 Å². The first-order valence-electron chi connectivity index (χ1n) is 7.77. The summed E-state index contributed by atoms with van der Waals surface area (Å²) in [5.41, 5.74) is 2.13. The van der Waals surface area contributed by atoms with Gasteiger partial charge in [0.1, 0.15) is 4.90 Å². The van der Waals surface area contributed by atoms with Gasteiger partial charge in [-0.1, -0.05) is 42.8 Å². The smallest absolute Gasteiger partial charge is 0.337 e. The van der Waals surface area contributed by atoms with Gasteiger partial charge in [-0.15, -0.1) is 0 Å². The summed E-state index contributed by atoms with van der Waals surface area (Å²) in [6.45, 7) is 3.80. The lowest BCUT2D eigenvalue weighted by molar-refractivity contribution is 0.0600. The minimum atomic E-state index is -3.91. The number of carbonyl (C=O) groups is 1. The lowest BCUT2D eigenvalue weighted by Crippen LogP contribution is -2.27. The van der Waals surface area contributed by atoms with Crippen molar-refractivity contribution in [3.05, 3.63) is 64.2 Å². The summed E-state index contributed by atoms with van der Waals surface area (Å²) in [7, 11) is -2.68. The van der Waals surface area contributed by atoms with Crippen molar-refractivity contribution in [2.75, 3.05) is 7.11 Å². The molecule has 2 aromatic rings. The minimum Gasteiger partial charge on any atom is -0.465 e. The molecule has 2 aromatic carbocycles. The molecular weight excluding hydrogens is 362 g/mol. The van der Waals surface area contributed by atoms with Gasteiger partial charge in [0.15, 0.2) is 0 Å². The second kappa shape index (κ2) is 7.99. The van der Waals surface area contributed by atoms with E-state index in [-0.39, 0.29) is 15.5 Å². The summed E-state index contributed by atoms with van der Waals surface area (Å²) in [5.74, 6) is -0.628. The molecule has 0 heterocycles. The van der Waals surface area contributed by atoms with E-state index in [4.69, 9.17) is 11.6 Å². The van der Waals surface area contributed by atoms with Crippen LogP contribution in [0.15, 0.2) is 47.4 Å². The van der Waals surface area contributed by atoms with E-state index in [2.05, 4.69) is 16.4 Å². The standard InChI is InChI=1S/C18H20ClNO4S/c1-4-13-5-7-14(8-6-13)12(2)20-25(22,23)17-11-15(18(21)24-3)9-10-16(17)19/h5-12,20H,4H2,1-3H3/t12-/m0/s1. The molecule has 134 valence electrons. The normalized spacial score (nSPS) is 12.6. The predicted octanol–water partition coefficient (Wildman–Crippen LogP) is 3.73. The average Bonchev–Trinajstić information content (AvgIpc) is 2.61. The molecule has 0 aromatic heterocycles. The Morgan fingerprint density at radius 3 is 2.40 bits per heavy atom. The number of benzene rings is 2. The number of hydrogen-bond acceptors (Lipinski definition) is 4. The fourth-order valence-electron chi connectivity index (χ4n) is 2.36. The number of nitrogens with one attached hydrogen (secondary N) is 1. The molecule has 0 aliphatic heterocycles. The van der Waals surface area contributed by atoms with Crippen molar-refractivity contribution in [2.45, 2.75) is 31.2 Å². The van der Waals surface area contributed by atoms with Crippen LogP contribution in [-0.4, -0.2) is 21.5 Å². The van der Waals surface area contributed by atoms with E-state index in [0.29, 0.717) is 0 Å². The number of ether oxygens (including phenoxy) is 1. The maximum atomic E-state index is 12.7. The summed E-state index contributed by atoms with van der Waals surface area (Å²) in [6, 6.07) is 11.2. The number of aryl methyl sites for hydroxylation is 1. The van der Waals surface area contributed by atoms with E-state index in [1.807, 2.05) is 24.3 Å². The predicted molar refractivity (Wildman–Crippen MR) is 97.3 cm³/mol. The maximum absolute atomic E-state index is 12.7. The number of esters is 1. The highest BCUT2D eigenvalue weighted by Crippen LogP contribution is 2.25. The van der Waals surface area contributed by atoms with Crippen molar-refractivity contribution in [3.63, 3.8) is 0 Å². The molecule has 0 saturated heterocycles. The lowest BCUT2D eigenvalue weighted by atomic mass is 10.1. The van der Waals surface area contributed by atoms with Crippen molar-refractivity contribution < 1.29 is 17.9 Å². The van der Waals surface area contributed by atoms with Crippen LogP contribution in [0.3, 0.4) is 0 Å². The van der Waals surface area contributed by atoms with Crippen molar-refractivity contribution >= 4 is 27.6 Å². The zero-order chi connectivity index (χ0) is 18.6. The summed E-state index contributed by atoms with van der Waals surface area (Å²) in [5, 5.41) is 0.0358. The van der Waals surface area contributed by atoms with Crippen LogP contribution in [0.1, 0.15) is 41.4 Å². The number of sulfonamides is 1. The average molecular weight is 382 g/mol. The van der Waals surface area contributed by atoms with Gasteiger partial charge in [-0.2, -0.15) is 0 Å². The minimum absolute atomic E-state index is 0.0358. The fourth-order valence-corrected chi connectivity index (χ4v) is 4.12. The van der Waals surface area contributed by atoms with Crippen LogP contribution in [-0.2, 0) is 21.2 Å². The van der Waals surface area contributed by atoms with Crippen LogP contribution >= 0.6 is 11.6 Å². The van der Waals surface area contributed by atoms with E-state index in [9.17, 15) is 13.2 Å². The monoisotopic (exact) mass is 381 g/mol. The molecule has 0 saturated carbocycles. The van der Waals surface area contributed by atoms with E-state index >= 15 is 0 Å². The molecule has 1 atom stereocenters. The number of methoxy groups -OCH3 is 1. The number of rotatable bonds is 6. The van der Waals surface area contributed by atoms with Gasteiger partial charge in [-0.25, -0.2) is 17.9 Å². The van der Waals surface area contributed by atoms with Gasteiger partial charge in [0, 0.05) is 6.04 Å². The Morgan fingerprint density at radius 1 is 1.20 bits per heavy atom.